The average Bonchev–Trinajstić information content (AvgIpc) is 2.64. The molecule has 0 spiro atoms. The molecule has 0 bridgehead atoms. The monoisotopic (exact) mass is 392 g/mol. The number of fused-ring (bicyclic) bond motifs is 1. The third-order valence-corrected chi connectivity index (χ3v) is 4.06. The van der Waals surface area contributed by atoms with Gasteiger partial charge in [0.2, 0.25) is 0 Å². The van der Waals surface area contributed by atoms with Crippen LogP contribution in [-0.4, -0.2) is 59.3 Å². The third-order valence-electron chi connectivity index (χ3n) is 4.06. The zero-order chi connectivity index (χ0) is 20.7. The Morgan fingerprint density at radius 1 is 1.14 bits per heavy atom. The van der Waals surface area contributed by atoms with Crippen LogP contribution in [0.25, 0.3) is 6.08 Å². The number of benzene rings is 1. The fourth-order valence-electron chi connectivity index (χ4n) is 2.60. The van der Waals surface area contributed by atoms with Crippen LogP contribution in [0.1, 0.15) is 35.7 Å². The van der Waals surface area contributed by atoms with Crippen LogP contribution in [0.15, 0.2) is 30.4 Å². The van der Waals surface area contributed by atoms with Gasteiger partial charge in [0.15, 0.2) is 12.6 Å². The normalized spacial score (nSPS) is 25.9. The number of phenols is 1. The van der Waals surface area contributed by atoms with Crippen molar-refractivity contribution in [2.45, 2.75) is 38.1 Å². The summed E-state index contributed by atoms with van der Waals surface area (Å²) in [6.07, 6.45) is 2.28. The van der Waals surface area contributed by atoms with E-state index in [1.54, 1.807) is 6.92 Å². The number of aliphatic hydroxyl groups is 2. The molecular formula is C20H24O8. The van der Waals surface area contributed by atoms with Gasteiger partial charge in [-0.15, -0.1) is 0 Å². The number of carbonyl (C=O) groups is 2. The number of aliphatic hydroxyl groups excluding tert-OH is 2. The van der Waals surface area contributed by atoms with E-state index in [2.05, 4.69) is 0 Å². The predicted molar refractivity (Wildman–Crippen MR) is 99.9 cm³/mol. The molecule has 0 fully saturated rings. The molecule has 2 rings (SSSR count). The molecule has 0 saturated carbocycles. The van der Waals surface area contributed by atoms with Gasteiger partial charge in [0.25, 0.3) is 0 Å². The fourth-order valence-corrected chi connectivity index (χ4v) is 2.60. The molecule has 3 N–H and O–H groups in total. The minimum absolute atomic E-state index is 0.0461. The molecule has 152 valence electrons. The molecule has 8 nitrogen and oxygen atoms in total. The number of ketones is 1. The lowest BCUT2D eigenvalue weighted by atomic mass is 10.0. The van der Waals surface area contributed by atoms with Crippen LogP contribution in [0, 0.1) is 0 Å². The van der Waals surface area contributed by atoms with Gasteiger partial charge in [0.05, 0.1) is 6.10 Å². The number of aromatic hydroxyl groups is 1. The highest BCUT2D eigenvalue weighted by molar-refractivity contribution is 5.97. The standard InChI is InChI=1S/C20H24O8/c1-12-5-3-7-15(21)19(24)16(22)8-4-6-13-9-14(27-11-26-2)10-17(23)18(13)20(25)28-12/h3-4,6-7,9-10,12,16,19,22-24H,5,8,11H2,1-2H3/b6-4+,7-3-/t12-,16+,19-/m0/s1. The highest BCUT2D eigenvalue weighted by Crippen LogP contribution is 2.30. The number of ether oxygens (including phenoxy) is 3. The summed E-state index contributed by atoms with van der Waals surface area (Å²) in [7, 11) is 1.44. The molecule has 0 unspecified atom stereocenters. The third kappa shape index (κ3) is 5.66. The van der Waals surface area contributed by atoms with E-state index in [9.17, 15) is 24.9 Å². The second-order valence-electron chi connectivity index (χ2n) is 6.36. The topological polar surface area (TPSA) is 123 Å². The number of esters is 1. The van der Waals surface area contributed by atoms with Crippen molar-refractivity contribution in [2.75, 3.05) is 13.9 Å². The molecule has 1 heterocycles. The van der Waals surface area contributed by atoms with Gasteiger partial charge < -0.3 is 29.5 Å². The summed E-state index contributed by atoms with van der Waals surface area (Å²) in [4.78, 5) is 24.4. The Morgan fingerprint density at radius 3 is 2.57 bits per heavy atom. The van der Waals surface area contributed by atoms with Gasteiger partial charge >= 0.3 is 5.97 Å². The average molecular weight is 392 g/mol. The summed E-state index contributed by atoms with van der Waals surface area (Å²) in [6, 6.07) is 2.79. The molecule has 0 saturated heterocycles. The lowest BCUT2D eigenvalue weighted by Gasteiger charge is -2.17. The largest absolute Gasteiger partial charge is 0.507 e. The van der Waals surface area contributed by atoms with Crippen molar-refractivity contribution in [3.63, 3.8) is 0 Å². The number of methoxy groups -OCH3 is 1. The first-order valence-electron chi connectivity index (χ1n) is 8.76. The molecule has 1 aliphatic heterocycles. The van der Waals surface area contributed by atoms with E-state index in [0.717, 1.165) is 6.08 Å². The van der Waals surface area contributed by atoms with Crippen LogP contribution in [-0.2, 0) is 14.3 Å². The van der Waals surface area contributed by atoms with E-state index in [4.69, 9.17) is 14.2 Å². The predicted octanol–water partition coefficient (Wildman–Crippen LogP) is 1.57. The Balaban J connectivity index is 2.43. The number of hydrogen-bond acceptors (Lipinski definition) is 8. The van der Waals surface area contributed by atoms with Gasteiger partial charge in [-0.2, -0.15) is 0 Å². The van der Waals surface area contributed by atoms with Crippen LogP contribution in [0.2, 0.25) is 0 Å². The van der Waals surface area contributed by atoms with E-state index in [1.807, 2.05) is 0 Å². The summed E-state index contributed by atoms with van der Waals surface area (Å²) >= 11 is 0. The quantitative estimate of drug-likeness (QED) is 0.523. The van der Waals surface area contributed by atoms with Crippen LogP contribution in [0.3, 0.4) is 0 Å². The molecule has 28 heavy (non-hydrogen) atoms. The Kier molecular flexibility index (Phi) is 7.74. The molecule has 3 atom stereocenters. The summed E-state index contributed by atoms with van der Waals surface area (Å²) in [5, 5.41) is 30.2. The molecular weight excluding hydrogens is 368 g/mol. The zero-order valence-corrected chi connectivity index (χ0v) is 15.7. The first kappa shape index (κ1) is 21.6. The highest BCUT2D eigenvalue weighted by Gasteiger charge is 2.23. The van der Waals surface area contributed by atoms with Crippen molar-refractivity contribution in [1.29, 1.82) is 0 Å². The number of phenolic OH excluding ortho intramolecular Hbond substituents is 1. The highest BCUT2D eigenvalue weighted by atomic mass is 16.7. The number of carbonyl (C=O) groups excluding carboxylic acids is 2. The van der Waals surface area contributed by atoms with Gasteiger partial charge in [0.1, 0.15) is 29.3 Å². The zero-order valence-electron chi connectivity index (χ0n) is 15.7. The van der Waals surface area contributed by atoms with Crippen LogP contribution < -0.4 is 4.74 Å². The van der Waals surface area contributed by atoms with Gasteiger partial charge in [-0.25, -0.2) is 4.79 Å². The van der Waals surface area contributed by atoms with Gasteiger partial charge in [-0.05, 0) is 31.1 Å². The molecule has 0 amide bonds. The Morgan fingerprint density at radius 2 is 1.86 bits per heavy atom. The number of cyclic esters (lactones) is 1. The first-order valence-corrected chi connectivity index (χ1v) is 8.76. The van der Waals surface area contributed by atoms with Crippen molar-refractivity contribution < 1.29 is 39.1 Å². The molecule has 1 aromatic carbocycles. The van der Waals surface area contributed by atoms with E-state index < -0.39 is 30.1 Å². The van der Waals surface area contributed by atoms with E-state index >= 15 is 0 Å². The van der Waals surface area contributed by atoms with Gasteiger partial charge in [-0.3, -0.25) is 4.79 Å². The van der Waals surface area contributed by atoms with Crippen molar-refractivity contribution in [3.05, 3.63) is 41.5 Å². The van der Waals surface area contributed by atoms with E-state index in [1.165, 1.54) is 37.5 Å². The first-order chi connectivity index (χ1) is 13.3. The molecule has 0 radical (unpaired) electrons. The van der Waals surface area contributed by atoms with E-state index in [-0.39, 0.29) is 36.7 Å². The Labute approximate surface area is 162 Å². The van der Waals surface area contributed by atoms with Gasteiger partial charge in [0, 0.05) is 19.6 Å². The lowest BCUT2D eigenvalue weighted by Crippen LogP contribution is -2.32. The van der Waals surface area contributed by atoms with Crippen molar-refractivity contribution in [3.8, 4) is 11.5 Å². The van der Waals surface area contributed by atoms with Crippen molar-refractivity contribution >= 4 is 17.8 Å². The van der Waals surface area contributed by atoms with Crippen LogP contribution >= 0.6 is 0 Å². The van der Waals surface area contributed by atoms with Gasteiger partial charge in [-0.1, -0.05) is 18.2 Å². The molecule has 1 aromatic rings. The Bertz CT molecular complexity index is 768. The van der Waals surface area contributed by atoms with E-state index in [0.29, 0.717) is 5.56 Å². The number of hydrogen-bond donors (Lipinski definition) is 3. The fraction of sp³-hybridized carbons (Fsp3) is 0.400. The smallest absolute Gasteiger partial charge is 0.342 e. The van der Waals surface area contributed by atoms with Crippen LogP contribution in [0.5, 0.6) is 11.5 Å². The van der Waals surface area contributed by atoms with Crippen molar-refractivity contribution in [1.82, 2.24) is 0 Å². The molecule has 0 aromatic heterocycles. The summed E-state index contributed by atoms with van der Waals surface area (Å²) in [6.45, 7) is 1.58. The second-order valence-corrected chi connectivity index (χ2v) is 6.36. The summed E-state index contributed by atoms with van der Waals surface area (Å²) < 4.78 is 15.5. The summed E-state index contributed by atoms with van der Waals surface area (Å²) in [5.74, 6) is -1.43. The molecule has 8 heteroatoms. The van der Waals surface area contributed by atoms with Crippen LogP contribution in [0.4, 0.5) is 0 Å². The maximum atomic E-state index is 12.6. The minimum Gasteiger partial charge on any atom is -0.507 e. The SMILES string of the molecule is COCOc1cc(O)c2c(c1)/C=C/C[C@@H](O)[C@@H](O)C(=O)/C=C\C[C@H](C)OC2=O. The lowest BCUT2D eigenvalue weighted by molar-refractivity contribution is -0.127. The van der Waals surface area contributed by atoms with Crippen molar-refractivity contribution in [2.24, 2.45) is 0 Å². The number of rotatable bonds is 3. The second kappa shape index (κ2) is 10.0. The minimum atomic E-state index is -1.56. The maximum absolute atomic E-state index is 12.6. The molecule has 0 aliphatic carbocycles. The maximum Gasteiger partial charge on any atom is 0.342 e. The molecule has 1 aliphatic rings. The summed E-state index contributed by atoms with van der Waals surface area (Å²) in [5.41, 5.74) is 0.240. The Hall–Kier alpha value is -2.68.